The maximum absolute atomic E-state index is 14.3. The van der Waals surface area contributed by atoms with Crippen molar-refractivity contribution < 1.29 is 19.5 Å². The van der Waals surface area contributed by atoms with Gasteiger partial charge in [0, 0.05) is 63.3 Å². The van der Waals surface area contributed by atoms with Crippen LogP contribution >= 0.6 is 34.5 Å². The lowest BCUT2D eigenvalue weighted by atomic mass is 9.81. The molecule has 3 atom stereocenters. The lowest BCUT2D eigenvalue weighted by Crippen LogP contribution is -2.53. The van der Waals surface area contributed by atoms with Gasteiger partial charge in [-0.05, 0) is 42.3 Å². The van der Waals surface area contributed by atoms with Gasteiger partial charge in [-0.3, -0.25) is 9.69 Å². The minimum atomic E-state index is -1.27. The minimum Gasteiger partial charge on any atom is -0.478 e. The Morgan fingerprint density at radius 3 is 2.39 bits per heavy atom. The molecule has 6 rings (SSSR count). The van der Waals surface area contributed by atoms with Gasteiger partial charge in [0.15, 0.2) is 0 Å². The molecule has 0 aliphatic carbocycles. The monoisotopic (exact) mass is 607 g/mol. The molecule has 9 nitrogen and oxygen atoms in total. The molecule has 0 bridgehead atoms. The molecule has 4 aromatic rings. The average Bonchev–Trinajstić information content (AvgIpc) is 3.65. The highest BCUT2D eigenvalue weighted by Gasteiger charge is 2.61. The summed E-state index contributed by atoms with van der Waals surface area (Å²) in [5.41, 5.74) is 1.88. The van der Waals surface area contributed by atoms with E-state index in [0.29, 0.717) is 16.6 Å². The number of carboxylic acid groups (broad SMARTS) is 1. The van der Waals surface area contributed by atoms with Crippen LogP contribution in [-0.2, 0) is 4.79 Å². The highest BCUT2D eigenvalue weighted by atomic mass is 35.5. The molecule has 2 aromatic heterocycles. The number of nitrogens with zero attached hydrogens (tertiary/aromatic N) is 4. The smallest absolute Gasteiger partial charge is 0.336 e. The third-order valence-corrected chi connectivity index (χ3v) is 9.26. The first-order valence-corrected chi connectivity index (χ1v) is 14.3. The lowest BCUT2D eigenvalue weighted by molar-refractivity contribution is -0.122. The van der Waals surface area contributed by atoms with E-state index in [9.17, 15) is 19.5 Å². The molecular weight excluding hydrogens is 585 g/mol. The highest BCUT2D eigenvalue weighted by Crippen LogP contribution is 2.45. The lowest BCUT2D eigenvalue weighted by Gasteiger charge is -2.28. The number of thiophene rings is 1. The fourth-order valence-electron chi connectivity index (χ4n) is 5.63. The van der Waals surface area contributed by atoms with Crippen molar-refractivity contribution in [2.24, 2.45) is 0 Å². The van der Waals surface area contributed by atoms with Crippen LogP contribution in [0.3, 0.4) is 0 Å². The molecule has 0 radical (unpaired) electrons. The van der Waals surface area contributed by atoms with Gasteiger partial charge in [0.1, 0.15) is 11.9 Å². The Hall–Kier alpha value is -3.83. The Kier molecular flexibility index (Phi) is 7.03. The number of benzene rings is 2. The van der Waals surface area contributed by atoms with Crippen LogP contribution in [-0.4, -0.2) is 56.5 Å². The molecule has 2 saturated heterocycles. The number of hydrogen-bond acceptors (Lipinski definition) is 7. The number of halogens is 2. The van der Waals surface area contributed by atoms with E-state index in [-0.39, 0.29) is 23.8 Å². The second-order valence-electron chi connectivity index (χ2n) is 10.1. The Morgan fingerprint density at radius 2 is 1.76 bits per heavy atom. The number of amides is 3. The number of aromatic nitrogens is 2. The zero-order valence-corrected chi connectivity index (χ0v) is 24.0. The molecule has 41 heavy (non-hydrogen) atoms. The summed E-state index contributed by atoms with van der Waals surface area (Å²) in [4.78, 5) is 51.4. The molecule has 2 aliphatic rings. The number of urea groups is 1. The first-order chi connectivity index (χ1) is 19.7. The molecule has 1 spiro atoms. The van der Waals surface area contributed by atoms with Crippen LogP contribution in [0.25, 0.3) is 11.1 Å². The largest absolute Gasteiger partial charge is 0.478 e. The van der Waals surface area contributed by atoms with E-state index in [1.54, 1.807) is 23.8 Å². The van der Waals surface area contributed by atoms with Gasteiger partial charge in [0.25, 0.3) is 5.91 Å². The zero-order chi connectivity index (χ0) is 28.9. The molecule has 1 unspecified atom stereocenters. The van der Waals surface area contributed by atoms with Crippen molar-refractivity contribution in [2.75, 3.05) is 18.0 Å². The van der Waals surface area contributed by atoms with Gasteiger partial charge in [0.2, 0.25) is 0 Å². The number of rotatable bonds is 6. The normalized spacial score (nSPS) is 21.4. The van der Waals surface area contributed by atoms with E-state index in [2.05, 4.69) is 20.2 Å². The van der Waals surface area contributed by atoms with E-state index in [4.69, 9.17) is 23.2 Å². The van der Waals surface area contributed by atoms with Crippen LogP contribution in [0.15, 0.2) is 72.6 Å². The molecular formula is C29H23Cl2N5O4S. The molecule has 2 N–H and O–H groups in total. The summed E-state index contributed by atoms with van der Waals surface area (Å²) >= 11 is 13.8. The predicted molar refractivity (Wildman–Crippen MR) is 157 cm³/mol. The van der Waals surface area contributed by atoms with Crippen LogP contribution in [0.4, 0.5) is 10.5 Å². The van der Waals surface area contributed by atoms with Crippen LogP contribution in [0, 0.1) is 0 Å². The first-order valence-electron chi connectivity index (χ1n) is 12.7. The summed E-state index contributed by atoms with van der Waals surface area (Å²) in [6, 6.07) is 13.3. The zero-order valence-electron chi connectivity index (χ0n) is 21.6. The Labute approximate surface area is 249 Å². The number of anilines is 1. The van der Waals surface area contributed by atoms with Gasteiger partial charge < -0.3 is 10.4 Å². The van der Waals surface area contributed by atoms with Gasteiger partial charge in [0.05, 0.1) is 11.3 Å². The van der Waals surface area contributed by atoms with E-state index in [1.165, 1.54) is 35.9 Å². The van der Waals surface area contributed by atoms with E-state index < -0.39 is 29.4 Å². The first kappa shape index (κ1) is 27.3. The van der Waals surface area contributed by atoms with Crippen molar-refractivity contribution in [3.05, 3.63) is 98.7 Å². The SMILES string of the molecule is CC(c1cc(C(=O)O)cs1)N1C[C@@H](c2ccc(-c3cncnc3)cc2)[C@@]2(C1)NC(=O)N(c1cc(Cl)cc(Cl)c1)C2=O. The van der Waals surface area contributed by atoms with Gasteiger partial charge in [-0.15, -0.1) is 11.3 Å². The van der Waals surface area contributed by atoms with Crippen molar-refractivity contribution in [1.29, 1.82) is 0 Å². The Morgan fingerprint density at radius 1 is 1.07 bits per heavy atom. The minimum absolute atomic E-state index is 0.199. The molecule has 2 fully saturated rings. The summed E-state index contributed by atoms with van der Waals surface area (Å²) in [5.74, 6) is -1.80. The summed E-state index contributed by atoms with van der Waals surface area (Å²) in [7, 11) is 0. The third kappa shape index (κ3) is 4.87. The predicted octanol–water partition coefficient (Wildman–Crippen LogP) is 5.87. The van der Waals surface area contributed by atoms with Gasteiger partial charge in [-0.1, -0.05) is 47.5 Å². The van der Waals surface area contributed by atoms with Crippen LogP contribution in [0.1, 0.15) is 39.7 Å². The van der Waals surface area contributed by atoms with Gasteiger partial charge >= 0.3 is 12.0 Å². The summed E-state index contributed by atoms with van der Waals surface area (Å²) in [5, 5.41) is 14.7. The van der Waals surface area contributed by atoms with Crippen LogP contribution < -0.4 is 10.2 Å². The number of carboxylic acids is 1. The number of hydrogen-bond donors (Lipinski definition) is 2. The number of nitrogens with one attached hydrogen (secondary N) is 1. The number of aromatic carboxylic acids is 1. The van der Waals surface area contributed by atoms with Crippen molar-refractivity contribution in [3.63, 3.8) is 0 Å². The summed E-state index contributed by atoms with van der Waals surface area (Å²) < 4.78 is 0. The standard InChI is InChI=1S/C29H23Cl2N5O4S/c1-16(25-6-19(13-41-25)26(37)38)35-12-24(18-4-2-17(3-5-18)20-10-32-15-33-11-20)29(14-35)27(39)36(28(40)34-29)23-8-21(30)7-22(31)9-23/h2-11,13,15-16,24H,12,14H2,1H3,(H,34,40)(H,37,38)/t16?,24-,29+/m0/s1. The van der Waals surface area contributed by atoms with E-state index in [0.717, 1.165) is 26.5 Å². The molecule has 208 valence electrons. The van der Waals surface area contributed by atoms with E-state index in [1.807, 2.05) is 31.2 Å². The summed E-state index contributed by atoms with van der Waals surface area (Å²) in [6.07, 6.45) is 4.92. The molecule has 2 aliphatic heterocycles. The van der Waals surface area contributed by atoms with Crippen molar-refractivity contribution in [2.45, 2.75) is 24.4 Å². The highest BCUT2D eigenvalue weighted by molar-refractivity contribution is 7.10. The third-order valence-electron chi connectivity index (χ3n) is 7.72. The fourth-order valence-corrected chi connectivity index (χ4v) is 7.12. The van der Waals surface area contributed by atoms with Crippen molar-refractivity contribution in [1.82, 2.24) is 20.2 Å². The molecule has 12 heteroatoms. The molecule has 0 saturated carbocycles. The quantitative estimate of drug-likeness (QED) is 0.263. The Balaban J connectivity index is 1.39. The van der Waals surface area contributed by atoms with Crippen LogP contribution in [0.2, 0.25) is 10.0 Å². The second-order valence-corrected chi connectivity index (χ2v) is 11.9. The number of likely N-dealkylation sites (tertiary alicyclic amines) is 1. The topological polar surface area (TPSA) is 116 Å². The molecule has 4 heterocycles. The summed E-state index contributed by atoms with van der Waals surface area (Å²) in [6.45, 7) is 2.65. The van der Waals surface area contributed by atoms with Crippen molar-refractivity contribution >= 4 is 58.1 Å². The van der Waals surface area contributed by atoms with E-state index >= 15 is 0 Å². The van der Waals surface area contributed by atoms with Gasteiger partial charge in [-0.25, -0.2) is 24.5 Å². The molecule has 2 aromatic carbocycles. The average molecular weight is 609 g/mol. The number of imide groups is 1. The number of carbonyl (C=O) groups excluding carboxylic acids is 2. The number of carbonyl (C=O) groups is 3. The maximum Gasteiger partial charge on any atom is 0.336 e. The van der Waals surface area contributed by atoms with Crippen LogP contribution in [0.5, 0.6) is 0 Å². The second kappa shape index (κ2) is 10.5. The fraction of sp³-hybridized carbons (Fsp3) is 0.207. The molecule has 3 amide bonds. The maximum atomic E-state index is 14.3. The van der Waals surface area contributed by atoms with Gasteiger partial charge in [-0.2, -0.15) is 0 Å². The Bertz CT molecular complexity index is 1650. The van der Waals surface area contributed by atoms with Crippen molar-refractivity contribution in [3.8, 4) is 11.1 Å².